The van der Waals surface area contributed by atoms with Crippen LogP contribution in [0.4, 0.5) is 0 Å². The van der Waals surface area contributed by atoms with Crippen LogP contribution in [0.2, 0.25) is 0 Å². The van der Waals surface area contributed by atoms with Crippen molar-refractivity contribution in [2.75, 3.05) is 0 Å². The molecule has 0 amide bonds. The fourth-order valence-electron chi connectivity index (χ4n) is 21.0. The van der Waals surface area contributed by atoms with Crippen LogP contribution in [0.1, 0.15) is 52.7 Å². The Labute approximate surface area is 796 Å². The molecule has 0 unspecified atom stereocenters. The topological polar surface area (TPSA) is 69.4 Å². The van der Waals surface area contributed by atoms with E-state index in [0.29, 0.717) is 0 Å². The third-order valence-electron chi connectivity index (χ3n) is 27.8. The molecule has 0 bridgehead atoms. The molecule has 0 radical (unpaired) electrons. The molecule has 0 aliphatic carbocycles. The van der Waals surface area contributed by atoms with Gasteiger partial charge in [-0.25, -0.2) is 0 Å². The number of benzene rings is 20. The predicted octanol–water partition coefficient (Wildman–Crippen LogP) is 35.3. The lowest BCUT2D eigenvalue weighted by Gasteiger charge is -2.23. The Balaban J connectivity index is 0.000000113. The van der Waals surface area contributed by atoms with Gasteiger partial charge in [0.25, 0.3) is 0 Å². The third kappa shape index (κ3) is 15.2. The van der Waals surface area contributed by atoms with Crippen LogP contribution in [0, 0.1) is 0 Å². The molecule has 0 fully saturated rings. The van der Waals surface area contributed by atoms with Crippen molar-refractivity contribution in [1.82, 2.24) is 29.5 Å². The number of rotatable bonds is 12. The third-order valence-corrected chi connectivity index (χ3v) is 27.8. The zero-order chi connectivity index (χ0) is 92.0. The van der Waals surface area contributed by atoms with Crippen molar-refractivity contribution in [2.45, 2.75) is 52.4 Å². The number of aromatic nitrogens is 6. The van der Waals surface area contributed by atoms with E-state index < -0.39 is 0 Å². The number of para-hydroxylation sites is 2. The molecule has 137 heavy (non-hydrogen) atoms. The van der Waals surface area contributed by atoms with Gasteiger partial charge < -0.3 is 4.57 Å². The van der Waals surface area contributed by atoms with E-state index in [4.69, 9.17) is 0 Å². The molecule has 0 saturated heterocycles. The highest BCUT2D eigenvalue weighted by atomic mass is 15.0. The Bertz CT molecular complexity index is 8820. The molecule has 20 aromatic carbocycles. The summed E-state index contributed by atoms with van der Waals surface area (Å²) < 4.78 is 2.41. The molecule has 0 saturated carbocycles. The van der Waals surface area contributed by atoms with Crippen molar-refractivity contribution in [3.05, 3.63) is 473 Å². The summed E-state index contributed by atoms with van der Waals surface area (Å²) in [6, 6.07) is 153. The second-order valence-corrected chi connectivity index (χ2v) is 38.2. The summed E-state index contributed by atoms with van der Waals surface area (Å²) >= 11 is 0. The van der Waals surface area contributed by atoms with Crippen LogP contribution in [-0.2, 0) is 10.8 Å². The summed E-state index contributed by atoms with van der Waals surface area (Å²) in [7, 11) is 0. The van der Waals surface area contributed by atoms with E-state index in [9.17, 15) is 0 Å². The maximum atomic E-state index is 4.60. The highest BCUT2D eigenvalue weighted by Gasteiger charge is 2.26. The fourth-order valence-corrected chi connectivity index (χ4v) is 21.0. The molecule has 0 aliphatic heterocycles. The molecule has 0 spiro atoms. The second kappa shape index (κ2) is 34.1. The highest BCUT2D eigenvalue weighted by molar-refractivity contribution is 6.31. The van der Waals surface area contributed by atoms with Gasteiger partial charge in [0.05, 0.1) is 28.1 Å². The molecule has 0 aliphatic rings. The van der Waals surface area contributed by atoms with Gasteiger partial charge in [-0.1, -0.05) is 357 Å². The maximum absolute atomic E-state index is 4.60. The zero-order valence-electron chi connectivity index (χ0n) is 77.1. The Morgan fingerprint density at radius 3 is 0.949 bits per heavy atom. The van der Waals surface area contributed by atoms with Crippen LogP contribution in [0.5, 0.6) is 0 Å². The van der Waals surface area contributed by atoms with Gasteiger partial charge in [0.2, 0.25) is 0 Å². The van der Waals surface area contributed by atoms with Gasteiger partial charge in [0.15, 0.2) is 0 Å². The van der Waals surface area contributed by atoms with Crippen LogP contribution in [0.15, 0.2) is 462 Å². The molecule has 0 N–H and O–H groups in total. The lowest BCUT2D eigenvalue weighted by Crippen LogP contribution is -2.10. The van der Waals surface area contributed by atoms with Gasteiger partial charge in [0, 0.05) is 87.7 Å². The summed E-state index contributed by atoms with van der Waals surface area (Å²) in [4.78, 5) is 22.4. The predicted molar refractivity (Wildman–Crippen MR) is 580 cm³/mol. The lowest BCUT2D eigenvalue weighted by atomic mass is 9.81. The van der Waals surface area contributed by atoms with E-state index in [1.807, 2.05) is 91.9 Å². The Kier molecular flexibility index (Phi) is 20.7. The van der Waals surface area contributed by atoms with E-state index >= 15 is 0 Å². The first kappa shape index (κ1) is 82.9. The van der Waals surface area contributed by atoms with Crippen molar-refractivity contribution in [2.24, 2.45) is 0 Å². The monoisotopic (exact) mass is 1750 g/mol. The standard InChI is InChI=1S/C49H36N2.C42H32N2.C40H26N2/c1-49(2,3)36-27-34-22-24-40-42(31-18-20-32(21-19-31)44-15-8-9-26-50-44)30-43(41-25-23-35(28-36)47(34)48(40)41)33-11-10-12-37(29-33)51-45-16-6-4-13-38(45)39-14-5-7-17-46(39)51;1-42(2,3)33-24-31-18-20-34-36(27-10-14-29(15-11-27)38-8-4-6-22-43-38)26-37(35-21-19-32(25-33)40(31)41(34)35)28-12-16-30(17-13-28)39-9-5-7-23-44-39;1-2-8-28(9-3-1)39-35-10-4-6-12-37(35)40(38-13-7-5-11-36(38)39)32-17-16-29-22-31(15-14-30(29)23-32)34-24-33(25-42-26-34)27-18-20-41-21-19-27/h4-30H,1-3H3;4-26H,1-3H3;1-26H. The summed E-state index contributed by atoms with van der Waals surface area (Å²) in [5.74, 6) is 0. The Hall–Kier alpha value is -17.2. The number of hydrogen-bond acceptors (Lipinski definition) is 5. The molecule has 6 aromatic heterocycles. The first-order valence-corrected chi connectivity index (χ1v) is 47.3. The number of pyridine rings is 5. The van der Waals surface area contributed by atoms with Gasteiger partial charge in [0.1, 0.15) is 0 Å². The molecule has 6 nitrogen and oxygen atoms in total. The number of hydrogen-bond donors (Lipinski definition) is 0. The van der Waals surface area contributed by atoms with Gasteiger partial charge in [-0.15, -0.1) is 0 Å². The van der Waals surface area contributed by atoms with Crippen LogP contribution < -0.4 is 0 Å². The van der Waals surface area contributed by atoms with Gasteiger partial charge in [-0.2, -0.15) is 0 Å². The van der Waals surface area contributed by atoms with Crippen molar-refractivity contribution in [3.8, 4) is 128 Å². The Morgan fingerprint density at radius 1 is 0.190 bits per heavy atom. The van der Waals surface area contributed by atoms with Crippen LogP contribution in [0.25, 0.3) is 247 Å². The van der Waals surface area contributed by atoms with Crippen LogP contribution >= 0.6 is 0 Å². The lowest BCUT2D eigenvalue weighted by molar-refractivity contribution is 0.591. The van der Waals surface area contributed by atoms with E-state index in [1.165, 1.54) is 197 Å². The fraction of sp³-hybridized carbons (Fsp3) is 0.0611. The van der Waals surface area contributed by atoms with Crippen molar-refractivity contribution >= 4 is 119 Å². The average molecular weight is 1750 g/mol. The minimum atomic E-state index is 0.0589. The SMILES string of the molecule is CC(C)(C)c1cc2ccc3c(-c4ccc(-c5ccccn5)cc4)cc(-c4ccc(-c5ccccn5)cc4)c4ccc(c1)c2c34.CC(C)(C)c1cc2ccc3c(-c4ccc(-c5ccccn5)cc4)cc(-c4cccc(-n5c6ccccc6c6ccccc65)c4)c4ccc(c1)c2c34.c1ccc(-c2c3ccccc3c(-c3ccc4cc(-c5cncc(-c6ccncc6)c5)ccc4c3)c3ccccc23)cc1. The molecule has 6 heteroatoms. The minimum absolute atomic E-state index is 0.0589. The molecule has 26 aromatic rings. The summed E-state index contributed by atoms with van der Waals surface area (Å²) in [6.45, 7) is 13.8. The number of nitrogens with zero attached hydrogens (tertiary/aromatic N) is 6. The summed E-state index contributed by atoms with van der Waals surface area (Å²) in [5, 5.41) is 25.7. The normalized spacial score (nSPS) is 11.9. The first-order chi connectivity index (χ1) is 67.2. The van der Waals surface area contributed by atoms with Crippen LogP contribution in [-0.4, -0.2) is 29.5 Å². The van der Waals surface area contributed by atoms with E-state index in [0.717, 1.165) is 61.7 Å². The Morgan fingerprint density at radius 2 is 0.533 bits per heavy atom. The van der Waals surface area contributed by atoms with Crippen molar-refractivity contribution in [1.29, 1.82) is 0 Å². The molecular formula is C131H94N6. The molecule has 6 heterocycles. The smallest absolute Gasteiger partial charge is 0.0701 e. The van der Waals surface area contributed by atoms with Gasteiger partial charge in [-0.3, -0.25) is 24.9 Å². The quantitative estimate of drug-likeness (QED) is 0.0900. The highest BCUT2D eigenvalue weighted by Crippen LogP contribution is 2.51. The van der Waals surface area contributed by atoms with E-state index in [1.54, 1.807) is 0 Å². The average Bonchev–Trinajstić information content (AvgIpc) is 1.26. The molecule has 0 atom stereocenters. The van der Waals surface area contributed by atoms with Crippen molar-refractivity contribution in [3.63, 3.8) is 0 Å². The van der Waals surface area contributed by atoms with Crippen LogP contribution in [0.3, 0.4) is 0 Å². The van der Waals surface area contributed by atoms with Gasteiger partial charge >= 0.3 is 0 Å². The molecular weight excluding hydrogens is 1660 g/mol. The van der Waals surface area contributed by atoms with Gasteiger partial charge in [-0.05, 0) is 300 Å². The first-order valence-electron chi connectivity index (χ1n) is 47.3. The summed E-state index contributed by atoms with van der Waals surface area (Å²) in [6.07, 6.45) is 13.0. The van der Waals surface area contributed by atoms with E-state index in [2.05, 4.69) is 441 Å². The number of fused-ring (bicyclic) bond motifs is 6. The largest absolute Gasteiger partial charge is 0.309 e. The summed E-state index contributed by atoms with van der Waals surface area (Å²) in [5.41, 5.74) is 32.0. The zero-order valence-corrected chi connectivity index (χ0v) is 77.1. The molecule has 648 valence electrons. The molecule has 26 rings (SSSR count). The van der Waals surface area contributed by atoms with E-state index in [-0.39, 0.29) is 10.8 Å². The second-order valence-electron chi connectivity index (χ2n) is 38.2. The van der Waals surface area contributed by atoms with Crippen molar-refractivity contribution < 1.29 is 0 Å². The minimum Gasteiger partial charge on any atom is -0.309 e. The maximum Gasteiger partial charge on any atom is 0.0701 e.